The molecule has 1 fully saturated rings. The molecule has 6 heteroatoms. The summed E-state index contributed by atoms with van der Waals surface area (Å²) in [5, 5.41) is 7.52. The van der Waals surface area contributed by atoms with Gasteiger partial charge in [-0.15, -0.1) is 11.3 Å². The molecule has 0 radical (unpaired) electrons. The van der Waals surface area contributed by atoms with Crippen LogP contribution in [-0.4, -0.2) is 24.0 Å². The summed E-state index contributed by atoms with van der Waals surface area (Å²) in [6.45, 7) is 3.82. The van der Waals surface area contributed by atoms with E-state index in [9.17, 15) is 4.79 Å². The number of benzene rings is 1. The molecule has 1 aromatic heterocycles. The second-order valence-corrected chi connectivity index (χ2v) is 7.19. The van der Waals surface area contributed by atoms with Crippen LogP contribution in [0.3, 0.4) is 0 Å². The number of anilines is 1. The van der Waals surface area contributed by atoms with Crippen molar-refractivity contribution in [3.8, 4) is 0 Å². The first-order valence-electron chi connectivity index (χ1n) is 7.32. The number of aromatic nitrogens is 1. The molecule has 1 aromatic carbocycles. The molecule has 4 nitrogen and oxygen atoms in total. The molecule has 1 saturated heterocycles. The van der Waals surface area contributed by atoms with Crippen molar-refractivity contribution in [3.63, 3.8) is 0 Å². The van der Waals surface area contributed by atoms with Gasteiger partial charge in [-0.2, -0.15) is 0 Å². The second-order valence-electron chi connectivity index (χ2n) is 5.63. The van der Waals surface area contributed by atoms with Gasteiger partial charge in [0.05, 0.1) is 0 Å². The molecule has 1 atom stereocenters. The Kier molecular flexibility index (Phi) is 4.76. The Bertz CT molecular complexity index is 669. The maximum Gasteiger partial charge on any atom is 0.229 e. The smallest absolute Gasteiger partial charge is 0.229 e. The Hall–Kier alpha value is -1.43. The van der Waals surface area contributed by atoms with Gasteiger partial charge in [-0.25, -0.2) is 4.98 Å². The van der Waals surface area contributed by atoms with Crippen LogP contribution in [0.2, 0.25) is 5.02 Å². The number of carbonyl (C=O) groups is 1. The Balaban J connectivity index is 1.60. The lowest BCUT2D eigenvalue weighted by Gasteiger charge is -2.31. The fourth-order valence-electron chi connectivity index (χ4n) is 2.39. The SMILES string of the molecule is CC(C(=O)Nc1ncc(Cc2cccc(Cl)c2)s1)C1CNC1. The Morgan fingerprint density at radius 1 is 1.55 bits per heavy atom. The van der Waals surface area contributed by atoms with Crippen LogP contribution in [0, 0.1) is 11.8 Å². The van der Waals surface area contributed by atoms with E-state index in [4.69, 9.17) is 11.6 Å². The van der Waals surface area contributed by atoms with Crippen molar-refractivity contribution >= 4 is 34.0 Å². The summed E-state index contributed by atoms with van der Waals surface area (Å²) in [4.78, 5) is 17.6. The number of carbonyl (C=O) groups excluding carboxylic acids is 1. The van der Waals surface area contributed by atoms with Gasteiger partial charge < -0.3 is 10.6 Å². The van der Waals surface area contributed by atoms with Crippen LogP contribution < -0.4 is 10.6 Å². The van der Waals surface area contributed by atoms with Gasteiger partial charge in [-0.05, 0) is 36.7 Å². The highest BCUT2D eigenvalue weighted by molar-refractivity contribution is 7.15. The molecule has 1 amide bonds. The summed E-state index contributed by atoms with van der Waals surface area (Å²) >= 11 is 7.51. The van der Waals surface area contributed by atoms with Crippen molar-refractivity contribution in [2.75, 3.05) is 18.4 Å². The predicted octanol–water partition coefficient (Wildman–Crippen LogP) is 3.18. The first kappa shape index (κ1) is 15.5. The number of rotatable bonds is 5. The Labute approximate surface area is 138 Å². The molecule has 0 bridgehead atoms. The molecule has 116 valence electrons. The maximum atomic E-state index is 12.2. The quantitative estimate of drug-likeness (QED) is 0.882. The maximum absolute atomic E-state index is 12.2. The van der Waals surface area contributed by atoms with Crippen molar-refractivity contribution in [3.05, 3.63) is 45.9 Å². The molecule has 0 saturated carbocycles. The summed E-state index contributed by atoms with van der Waals surface area (Å²) in [5.41, 5.74) is 1.14. The molecule has 1 unspecified atom stereocenters. The summed E-state index contributed by atoms with van der Waals surface area (Å²) in [6.07, 6.45) is 2.59. The van der Waals surface area contributed by atoms with Crippen molar-refractivity contribution in [1.82, 2.24) is 10.3 Å². The lowest BCUT2D eigenvalue weighted by molar-refractivity contribution is -0.121. The van der Waals surface area contributed by atoms with Crippen molar-refractivity contribution in [2.45, 2.75) is 13.3 Å². The van der Waals surface area contributed by atoms with E-state index >= 15 is 0 Å². The zero-order valence-corrected chi connectivity index (χ0v) is 13.9. The average Bonchev–Trinajstić information content (AvgIpc) is 2.84. The third kappa shape index (κ3) is 3.66. The van der Waals surface area contributed by atoms with Crippen LogP contribution in [0.5, 0.6) is 0 Å². The number of thiazole rings is 1. The zero-order valence-electron chi connectivity index (χ0n) is 12.3. The second kappa shape index (κ2) is 6.77. The Morgan fingerprint density at radius 3 is 3.05 bits per heavy atom. The molecule has 1 aliphatic rings. The van der Waals surface area contributed by atoms with E-state index in [1.807, 2.05) is 37.4 Å². The topological polar surface area (TPSA) is 54.0 Å². The number of nitrogens with one attached hydrogen (secondary N) is 2. The number of nitrogens with zero attached hydrogens (tertiary/aromatic N) is 1. The monoisotopic (exact) mass is 335 g/mol. The van der Waals surface area contributed by atoms with E-state index in [-0.39, 0.29) is 11.8 Å². The fourth-order valence-corrected chi connectivity index (χ4v) is 3.46. The average molecular weight is 336 g/mol. The Morgan fingerprint density at radius 2 is 2.36 bits per heavy atom. The molecule has 0 spiro atoms. The normalized spacial score (nSPS) is 16.1. The number of halogens is 1. The van der Waals surface area contributed by atoms with Crippen molar-refractivity contribution in [1.29, 1.82) is 0 Å². The van der Waals surface area contributed by atoms with Crippen molar-refractivity contribution in [2.24, 2.45) is 11.8 Å². The van der Waals surface area contributed by atoms with Gasteiger partial charge in [0.15, 0.2) is 5.13 Å². The highest BCUT2D eigenvalue weighted by Crippen LogP contribution is 2.24. The third-order valence-electron chi connectivity index (χ3n) is 3.98. The first-order valence-corrected chi connectivity index (χ1v) is 8.52. The molecular formula is C16H18ClN3OS. The van der Waals surface area contributed by atoms with Gasteiger partial charge in [0.25, 0.3) is 0 Å². The minimum atomic E-state index is 0.0153. The fraction of sp³-hybridized carbons (Fsp3) is 0.375. The van der Waals surface area contributed by atoms with Crippen LogP contribution >= 0.6 is 22.9 Å². The minimum Gasteiger partial charge on any atom is -0.316 e. The minimum absolute atomic E-state index is 0.0153. The van der Waals surface area contributed by atoms with Gasteiger partial charge >= 0.3 is 0 Å². The van der Waals surface area contributed by atoms with Gasteiger partial charge in [0.2, 0.25) is 5.91 Å². The van der Waals surface area contributed by atoms with E-state index in [2.05, 4.69) is 15.6 Å². The molecule has 22 heavy (non-hydrogen) atoms. The highest BCUT2D eigenvalue weighted by Gasteiger charge is 2.29. The van der Waals surface area contributed by atoms with Crippen LogP contribution in [-0.2, 0) is 11.2 Å². The summed E-state index contributed by atoms with van der Waals surface area (Å²) < 4.78 is 0. The molecular weight excluding hydrogens is 318 g/mol. The van der Waals surface area contributed by atoms with Crippen LogP contribution in [0.25, 0.3) is 0 Å². The molecule has 1 aliphatic heterocycles. The number of hydrogen-bond acceptors (Lipinski definition) is 4. The zero-order chi connectivity index (χ0) is 15.5. The number of amides is 1. The van der Waals surface area contributed by atoms with E-state index in [1.165, 1.54) is 11.3 Å². The summed E-state index contributed by atoms with van der Waals surface area (Å²) in [5.74, 6) is 0.502. The van der Waals surface area contributed by atoms with Crippen LogP contribution in [0.1, 0.15) is 17.4 Å². The van der Waals surface area contributed by atoms with Crippen LogP contribution in [0.4, 0.5) is 5.13 Å². The van der Waals surface area contributed by atoms with E-state index in [1.54, 1.807) is 0 Å². The van der Waals surface area contributed by atoms with Gasteiger partial charge in [0.1, 0.15) is 0 Å². The van der Waals surface area contributed by atoms with Crippen LogP contribution in [0.15, 0.2) is 30.5 Å². The highest BCUT2D eigenvalue weighted by atomic mass is 35.5. The number of hydrogen-bond donors (Lipinski definition) is 2. The standard InChI is InChI=1S/C16H18ClN3OS/c1-10(12-7-18-8-12)15(21)20-16-19-9-14(22-16)6-11-3-2-4-13(17)5-11/h2-5,9-10,12,18H,6-8H2,1H3,(H,19,20,21). The molecule has 3 rings (SSSR count). The molecule has 2 aromatic rings. The molecule has 2 heterocycles. The summed E-state index contributed by atoms with van der Waals surface area (Å²) in [7, 11) is 0. The van der Waals surface area contributed by atoms with E-state index in [0.29, 0.717) is 11.0 Å². The van der Waals surface area contributed by atoms with Gasteiger partial charge in [0, 0.05) is 28.4 Å². The molecule has 0 aliphatic carbocycles. The third-order valence-corrected chi connectivity index (χ3v) is 5.13. The lowest BCUT2D eigenvalue weighted by Crippen LogP contribution is -2.48. The van der Waals surface area contributed by atoms with E-state index in [0.717, 1.165) is 35.0 Å². The lowest BCUT2D eigenvalue weighted by atomic mass is 9.88. The summed E-state index contributed by atoms with van der Waals surface area (Å²) in [6, 6.07) is 7.79. The largest absolute Gasteiger partial charge is 0.316 e. The van der Waals surface area contributed by atoms with Gasteiger partial charge in [-0.1, -0.05) is 30.7 Å². The molecule has 2 N–H and O–H groups in total. The first-order chi connectivity index (χ1) is 10.6. The van der Waals surface area contributed by atoms with Crippen molar-refractivity contribution < 1.29 is 4.79 Å². The predicted molar refractivity (Wildman–Crippen MR) is 90.5 cm³/mol. The van der Waals surface area contributed by atoms with E-state index < -0.39 is 0 Å². The van der Waals surface area contributed by atoms with Gasteiger partial charge in [-0.3, -0.25) is 4.79 Å².